The molecule has 0 bridgehead atoms. The number of hydrogen-bond acceptors (Lipinski definition) is 5. The zero-order chi connectivity index (χ0) is 28.3. The van der Waals surface area contributed by atoms with Crippen LogP contribution in [0.5, 0.6) is 0 Å². The lowest BCUT2D eigenvalue weighted by molar-refractivity contribution is -0.297. The highest BCUT2D eigenvalue weighted by atomic mass is 19.4. The number of aliphatic hydroxyl groups is 1. The predicted octanol–water partition coefficient (Wildman–Crippen LogP) is 4.96. The summed E-state index contributed by atoms with van der Waals surface area (Å²) >= 11 is 0. The van der Waals surface area contributed by atoms with Gasteiger partial charge in [-0.3, -0.25) is 9.59 Å². The molecule has 1 aliphatic heterocycles. The summed E-state index contributed by atoms with van der Waals surface area (Å²) < 4.78 is 58.3. The number of carbonyl (C=O) groups is 2. The fourth-order valence-corrected chi connectivity index (χ4v) is 5.50. The van der Waals surface area contributed by atoms with Crippen molar-refractivity contribution < 1.29 is 36.7 Å². The first-order chi connectivity index (χ1) is 18.2. The molecule has 2 fully saturated rings. The highest BCUT2D eigenvalue weighted by Crippen LogP contribution is 2.49. The monoisotopic (exact) mass is 547 g/mol. The summed E-state index contributed by atoms with van der Waals surface area (Å²) in [4.78, 5) is 34.1. The van der Waals surface area contributed by atoms with Gasteiger partial charge in [-0.15, -0.1) is 0 Å². The van der Waals surface area contributed by atoms with Crippen LogP contribution in [0.15, 0.2) is 40.8 Å². The van der Waals surface area contributed by atoms with Gasteiger partial charge < -0.3 is 19.3 Å². The number of piperazine rings is 1. The molecule has 0 atom stereocenters. The Labute approximate surface area is 222 Å². The van der Waals surface area contributed by atoms with Gasteiger partial charge in [-0.25, -0.2) is 9.37 Å². The van der Waals surface area contributed by atoms with E-state index in [0.717, 1.165) is 11.1 Å². The van der Waals surface area contributed by atoms with Crippen molar-refractivity contribution in [1.82, 2.24) is 14.8 Å². The van der Waals surface area contributed by atoms with Crippen molar-refractivity contribution in [3.05, 3.63) is 53.5 Å². The van der Waals surface area contributed by atoms with Crippen molar-refractivity contribution in [2.24, 2.45) is 5.92 Å². The highest BCUT2D eigenvalue weighted by Gasteiger charge is 2.63. The maximum Gasteiger partial charge on any atom is 0.417 e. The van der Waals surface area contributed by atoms with Crippen LogP contribution in [-0.2, 0) is 11.2 Å². The Morgan fingerprint density at radius 3 is 2.38 bits per heavy atom. The normalized spacial score (nSPS) is 23.1. The smallest absolute Gasteiger partial charge is 0.417 e. The van der Waals surface area contributed by atoms with Gasteiger partial charge in [0.05, 0.1) is 11.2 Å². The number of amides is 2. The van der Waals surface area contributed by atoms with Crippen LogP contribution in [0.25, 0.3) is 22.4 Å². The van der Waals surface area contributed by atoms with E-state index in [1.165, 1.54) is 17.0 Å². The lowest BCUT2D eigenvalue weighted by Crippen LogP contribution is -2.65. The van der Waals surface area contributed by atoms with Gasteiger partial charge in [0, 0.05) is 37.2 Å². The molecule has 3 aromatic rings. The molecular formula is C28H29F4N3O4. The second-order valence-corrected chi connectivity index (χ2v) is 11.0. The number of benzene rings is 1. The number of halogens is 4. The average Bonchev–Trinajstić information content (AvgIpc) is 3.29. The van der Waals surface area contributed by atoms with Crippen LogP contribution >= 0.6 is 0 Å². The van der Waals surface area contributed by atoms with E-state index in [-0.39, 0.29) is 37.1 Å². The Morgan fingerprint density at radius 2 is 1.79 bits per heavy atom. The number of pyridine rings is 1. The molecule has 208 valence electrons. The van der Waals surface area contributed by atoms with Gasteiger partial charge in [-0.1, -0.05) is 6.92 Å². The molecule has 1 saturated carbocycles. The zero-order valence-electron chi connectivity index (χ0n) is 21.8. The van der Waals surface area contributed by atoms with Crippen LogP contribution in [0.3, 0.4) is 0 Å². The maximum absolute atomic E-state index is 13.6. The number of alkyl halides is 3. The molecule has 0 spiro atoms. The molecule has 1 aliphatic carbocycles. The van der Waals surface area contributed by atoms with Crippen LogP contribution in [0.2, 0.25) is 0 Å². The second kappa shape index (κ2) is 9.32. The van der Waals surface area contributed by atoms with Gasteiger partial charge >= 0.3 is 6.18 Å². The summed E-state index contributed by atoms with van der Waals surface area (Å²) in [7, 11) is 0. The third-order valence-corrected chi connectivity index (χ3v) is 7.79. The van der Waals surface area contributed by atoms with Crippen molar-refractivity contribution in [3.63, 3.8) is 0 Å². The van der Waals surface area contributed by atoms with Crippen molar-refractivity contribution in [1.29, 1.82) is 0 Å². The third-order valence-electron chi connectivity index (χ3n) is 7.79. The minimum absolute atomic E-state index is 0.0885. The topological polar surface area (TPSA) is 86.9 Å². The molecule has 2 amide bonds. The number of aryl methyl sites for hydroxylation is 1. The Morgan fingerprint density at radius 1 is 1.13 bits per heavy atom. The lowest BCUT2D eigenvalue weighted by Gasteiger charge is -2.50. The SMILES string of the molecule is CCc1cc(-c2ccc(F)cc2)nc2cc(C(=O)N3CCN(C(=O)[C@H]4C[C@](O)(C(F)(F)F)C4)CC3(C)C)oc12. The molecule has 2 aromatic heterocycles. The number of hydrogen-bond donors (Lipinski definition) is 1. The van der Waals surface area contributed by atoms with Gasteiger partial charge in [0.2, 0.25) is 5.91 Å². The van der Waals surface area contributed by atoms with E-state index in [1.807, 2.05) is 13.0 Å². The molecule has 11 heteroatoms. The fourth-order valence-electron chi connectivity index (χ4n) is 5.50. The maximum atomic E-state index is 13.6. The molecule has 0 unspecified atom stereocenters. The minimum atomic E-state index is -4.77. The van der Waals surface area contributed by atoms with E-state index in [0.29, 0.717) is 23.2 Å². The quantitative estimate of drug-likeness (QED) is 0.467. The van der Waals surface area contributed by atoms with E-state index in [2.05, 4.69) is 4.98 Å². The number of furan rings is 1. The van der Waals surface area contributed by atoms with Crippen LogP contribution in [0, 0.1) is 11.7 Å². The van der Waals surface area contributed by atoms with E-state index in [9.17, 15) is 32.3 Å². The molecule has 7 nitrogen and oxygen atoms in total. The predicted molar refractivity (Wildman–Crippen MR) is 134 cm³/mol. The summed E-state index contributed by atoms with van der Waals surface area (Å²) in [5.41, 5.74) is -0.471. The van der Waals surface area contributed by atoms with Crippen molar-refractivity contribution >= 4 is 22.9 Å². The van der Waals surface area contributed by atoms with E-state index in [1.54, 1.807) is 36.9 Å². The van der Waals surface area contributed by atoms with E-state index >= 15 is 0 Å². The van der Waals surface area contributed by atoms with Gasteiger partial charge in [-0.2, -0.15) is 13.2 Å². The first kappa shape index (κ1) is 27.1. The molecular weight excluding hydrogens is 518 g/mol. The van der Waals surface area contributed by atoms with E-state index in [4.69, 9.17) is 4.42 Å². The third kappa shape index (κ3) is 4.77. The summed E-state index contributed by atoms with van der Waals surface area (Å²) in [5.74, 6) is -2.00. The van der Waals surface area contributed by atoms with Gasteiger partial charge in [0.25, 0.3) is 5.91 Å². The molecule has 5 rings (SSSR count). The first-order valence-electron chi connectivity index (χ1n) is 12.8. The fraction of sp³-hybridized carbons (Fsp3) is 0.464. The number of nitrogens with zero attached hydrogens (tertiary/aromatic N) is 3. The van der Waals surface area contributed by atoms with E-state index < -0.39 is 42.0 Å². The van der Waals surface area contributed by atoms with Gasteiger partial charge in [0.15, 0.2) is 16.9 Å². The largest absolute Gasteiger partial charge is 0.449 e. The van der Waals surface area contributed by atoms with Crippen LogP contribution < -0.4 is 0 Å². The standard InChI is InChI=1S/C28H29F4N3O4/c1-4-16-11-20(17-5-7-19(29)8-6-17)33-21-12-22(39-23(16)21)25(37)35-10-9-34(15-26(35,2)3)24(36)18-13-27(38,14-18)28(30,31)32/h5-8,11-12,18,38H,4,9-10,13-15H2,1-3H3/t18-,27+. The molecule has 3 heterocycles. The van der Waals surface area contributed by atoms with Crippen molar-refractivity contribution in [3.8, 4) is 11.3 Å². The average molecular weight is 548 g/mol. The Kier molecular flexibility index (Phi) is 6.48. The van der Waals surface area contributed by atoms with Gasteiger partial charge in [0.1, 0.15) is 11.3 Å². The Bertz CT molecular complexity index is 1430. The summed E-state index contributed by atoms with van der Waals surface area (Å²) in [6.07, 6.45) is -5.46. The molecule has 1 aromatic carbocycles. The number of aromatic nitrogens is 1. The molecule has 0 radical (unpaired) electrons. The summed E-state index contributed by atoms with van der Waals surface area (Å²) in [6.45, 7) is 5.96. The zero-order valence-corrected chi connectivity index (χ0v) is 21.8. The van der Waals surface area contributed by atoms with Crippen LogP contribution in [0.1, 0.15) is 49.7 Å². The Hall–Kier alpha value is -3.47. The summed E-state index contributed by atoms with van der Waals surface area (Å²) in [6, 6.07) is 9.39. The molecule has 1 N–H and O–H groups in total. The highest BCUT2D eigenvalue weighted by molar-refractivity contribution is 5.97. The molecule has 39 heavy (non-hydrogen) atoms. The van der Waals surface area contributed by atoms with Crippen LogP contribution in [-0.4, -0.2) is 68.7 Å². The molecule has 1 saturated heterocycles. The van der Waals surface area contributed by atoms with Crippen LogP contribution in [0.4, 0.5) is 17.6 Å². The second-order valence-electron chi connectivity index (χ2n) is 11.0. The minimum Gasteiger partial charge on any atom is -0.449 e. The lowest BCUT2D eigenvalue weighted by atomic mass is 9.69. The number of fused-ring (bicyclic) bond motifs is 1. The number of rotatable bonds is 4. The van der Waals surface area contributed by atoms with Gasteiger partial charge in [-0.05, 0) is 69.0 Å². The van der Waals surface area contributed by atoms with Crippen molar-refractivity contribution in [2.45, 2.75) is 57.3 Å². The van der Waals surface area contributed by atoms with Crippen molar-refractivity contribution in [2.75, 3.05) is 19.6 Å². The Balaban J connectivity index is 1.33. The molecule has 2 aliphatic rings. The first-order valence-corrected chi connectivity index (χ1v) is 12.8. The number of carbonyl (C=O) groups excluding carboxylic acids is 2. The summed E-state index contributed by atoms with van der Waals surface area (Å²) in [5, 5.41) is 9.72.